The minimum absolute atomic E-state index is 0.771. The first-order valence-electron chi connectivity index (χ1n) is 7.99. The minimum Gasteiger partial charge on any atom is -0.245 e. The van der Waals surface area contributed by atoms with Crippen LogP contribution in [0.2, 0.25) is 0 Å². The standard InChI is InChI=1S/C19H20N2S/c1-2-3-12-22-19-16(13-20)18(14-8-5-4-6-9-14)15-10-7-11-17(15)21-19/h4-6,8-9H,2-3,7,10-12H2,1H3. The average Bonchev–Trinajstić information content (AvgIpc) is 3.02. The minimum atomic E-state index is 0.771. The summed E-state index contributed by atoms with van der Waals surface area (Å²) in [6.07, 6.45) is 5.57. The first-order chi connectivity index (χ1) is 10.8. The maximum absolute atomic E-state index is 9.75. The lowest BCUT2D eigenvalue weighted by Crippen LogP contribution is -2.01. The van der Waals surface area contributed by atoms with Crippen molar-refractivity contribution >= 4 is 11.8 Å². The SMILES string of the molecule is CCCCSc1nc2c(c(-c3ccccc3)c1C#N)CCC2. The highest BCUT2D eigenvalue weighted by Gasteiger charge is 2.23. The fourth-order valence-electron chi connectivity index (χ4n) is 3.00. The van der Waals surface area contributed by atoms with Gasteiger partial charge in [-0.25, -0.2) is 4.98 Å². The lowest BCUT2D eigenvalue weighted by Gasteiger charge is -2.14. The number of rotatable bonds is 5. The Morgan fingerprint density at radius 3 is 2.77 bits per heavy atom. The maximum Gasteiger partial charge on any atom is 0.115 e. The van der Waals surface area contributed by atoms with Crippen LogP contribution < -0.4 is 0 Å². The first kappa shape index (κ1) is 15.1. The molecular formula is C19H20N2S. The fraction of sp³-hybridized carbons (Fsp3) is 0.368. The van der Waals surface area contributed by atoms with E-state index in [1.807, 2.05) is 18.2 Å². The van der Waals surface area contributed by atoms with E-state index in [4.69, 9.17) is 4.98 Å². The highest BCUT2D eigenvalue weighted by Crippen LogP contribution is 2.38. The Labute approximate surface area is 136 Å². The summed E-state index contributed by atoms with van der Waals surface area (Å²) >= 11 is 1.74. The molecule has 1 aliphatic carbocycles. The van der Waals surface area contributed by atoms with Gasteiger partial charge in [0.2, 0.25) is 0 Å². The third kappa shape index (κ3) is 2.89. The summed E-state index contributed by atoms with van der Waals surface area (Å²) in [6.45, 7) is 2.19. The molecule has 1 aliphatic rings. The predicted octanol–water partition coefficient (Wildman–Crippen LogP) is 5.00. The molecule has 22 heavy (non-hydrogen) atoms. The van der Waals surface area contributed by atoms with Gasteiger partial charge in [-0.05, 0) is 42.6 Å². The molecule has 112 valence electrons. The number of fused-ring (bicyclic) bond motifs is 1. The molecule has 1 aromatic heterocycles. The number of benzene rings is 1. The third-order valence-corrected chi connectivity index (χ3v) is 5.16. The summed E-state index contributed by atoms with van der Waals surface area (Å²) in [5.41, 5.74) is 5.55. The van der Waals surface area contributed by atoms with Crippen LogP contribution in [0.1, 0.15) is 43.0 Å². The second-order valence-corrected chi connectivity index (χ2v) is 6.71. The van der Waals surface area contributed by atoms with Crippen molar-refractivity contribution in [2.45, 2.75) is 44.1 Å². The number of nitrogens with zero attached hydrogens (tertiary/aromatic N) is 2. The molecule has 2 aromatic rings. The number of aromatic nitrogens is 1. The van der Waals surface area contributed by atoms with Crippen molar-refractivity contribution in [2.75, 3.05) is 5.75 Å². The molecule has 2 nitrogen and oxygen atoms in total. The molecular weight excluding hydrogens is 288 g/mol. The molecule has 1 heterocycles. The van der Waals surface area contributed by atoms with Gasteiger partial charge in [-0.15, -0.1) is 11.8 Å². The summed E-state index contributed by atoms with van der Waals surface area (Å²) in [7, 11) is 0. The van der Waals surface area contributed by atoms with Crippen molar-refractivity contribution in [3.05, 3.63) is 47.2 Å². The molecule has 3 rings (SSSR count). The van der Waals surface area contributed by atoms with Crippen molar-refractivity contribution in [3.63, 3.8) is 0 Å². The van der Waals surface area contributed by atoms with Gasteiger partial charge in [0.15, 0.2) is 0 Å². The van der Waals surface area contributed by atoms with E-state index in [1.54, 1.807) is 11.8 Å². The van der Waals surface area contributed by atoms with Crippen molar-refractivity contribution < 1.29 is 0 Å². The molecule has 0 atom stereocenters. The van der Waals surface area contributed by atoms with Crippen LogP contribution in [0.25, 0.3) is 11.1 Å². The van der Waals surface area contributed by atoms with Crippen molar-refractivity contribution in [2.24, 2.45) is 0 Å². The van der Waals surface area contributed by atoms with E-state index >= 15 is 0 Å². The summed E-state index contributed by atoms with van der Waals surface area (Å²) in [5, 5.41) is 10.7. The Balaban J connectivity index is 2.12. The van der Waals surface area contributed by atoms with Crippen LogP contribution >= 0.6 is 11.8 Å². The number of unbranched alkanes of at least 4 members (excludes halogenated alkanes) is 1. The monoisotopic (exact) mass is 308 g/mol. The number of hydrogen-bond acceptors (Lipinski definition) is 3. The quantitative estimate of drug-likeness (QED) is 0.576. The Hall–Kier alpha value is -1.79. The summed E-state index contributed by atoms with van der Waals surface area (Å²) < 4.78 is 0. The molecule has 0 spiro atoms. The first-order valence-corrected chi connectivity index (χ1v) is 8.97. The van der Waals surface area contributed by atoms with E-state index in [1.165, 1.54) is 17.7 Å². The molecule has 0 fully saturated rings. The van der Waals surface area contributed by atoms with Crippen molar-refractivity contribution in [1.29, 1.82) is 5.26 Å². The van der Waals surface area contributed by atoms with Crippen molar-refractivity contribution in [1.82, 2.24) is 4.98 Å². The van der Waals surface area contributed by atoms with Crippen molar-refractivity contribution in [3.8, 4) is 17.2 Å². The topological polar surface area (TPSA) is 36.7 Å². The molecule has 0 saturated carbocycles. The Kier molecular flexibility index (Phi) is 4.80. The van der Waals surface area contributed by atoms with Gasteiger partial charge in [0.1, 0.15) is 11.1 Å². The van der Waals surface area contributed by atoms with Crippen LogP contribution in [0.5, 0.6) is 0 Å². The van der Waals surface area contributed by atoms with Gasteiger partial charge in [0, 0.05) is 11.3 Å². The highest BCUT2D eigenvalue weighted by molar-refractivity contribution is 7.99. The summed E-state index contributed by atoms with van der Waals surface area (Å²) in [4.78, 5) is 4.82. The van der Waals surface area contributed by atoms with Gasteiger partial charge in [-0.3, -0.25) is 0 Å². The molecule has 0 bridgehead atoms. The van der Waals surface area contributed by atoms with E-state index in [2.05, 4.69) is 25.1 Å². The zero-order chi connectivity index (χ0) is 15.4. The summed E-state index contributed by atoms with van der Waals surface area (Å²) in [5.74, 6) is 1.03. The highest BCUT2D eigenvalue weighted by atomic mass is 32.2. The molecule has 3 heteroatoms. The molecule has 0 radical (unpaired) electrons. The normalized spacial score (nSPS) is 12.9. The van der Waals surface area contributed by atoms with Crippen LogP contribution in [0.3, 0.4) is 0 Å². The lowest BCUT2D eigenvalue weighted by molar-refractivity contribution is 0.884. The number of thioether (sulfide) groups is 1. The molecule has 1 aromatic carbocycles. The molecule has 0 saturated heterocycles. The largest absolute Gasteiger partial charge is 0.245 e. The van der Waals surface area contributed by atoms with Gasteiger partial charge in [-0.2, -0.15) is 5.26 Å². The van der Waals surface area contributed by atoms with E-state index in [9.17, 15) is 5.26 Å². The Morgan fingerprint density at radius 2 is 2.05 bits per heavy atom. The van der Waals surface area contributed by atoms with Gasteiger partial charge in [-0.1, -0.05) is 43.7 Å². The lowest BCUT2D eigenvalue weighted by atomic mass is 9.95. The van der Waals surface area contributed by atoms with E-state index in [0.29, 0.717) is 0 Å². The fourth-order valence-corrected chi connectivity index (χ4v) is 4.09. The molecule has 0 aliphatic heterocycles. The Morgan fingerprint density at radius 1 is 1.23 bits per heavy atom. The number of hydrogen-bond donors (Lipinski definition) is 0. The molecule has 0 amide bonds. The zero-order valence-electron chi connectivity index (χ0n) is 12.9. The Bertz CT molecular complexity index is 702. The van der Waals surface area contributed by atoms with Crippen LogP contribution in [0.4, 0.5) is 0 Å². The number of nitriles is 1. The van der Waals surface area contributed by atoms with Gasteiger partial charge in [0.25, 0.3) is 0 Å². The van der Waals surface area contributed by atoms with Crippen LogP contribution in [0, 0.1) is 11.3 Å². The predicted molar refractivity (Wildman–Crippen MR) is 92.0 cm³/mol. The van der Waals surface area contributed by atoms with E-state index in [0.717, 1.165) is 53.2 Å². The molecule has 0 unspecified atom stereocenters. The van der Waals surface area contributed by atoms with Gasteiger partial charge >= 0.3 is 0 Å². The average molecular weight is 308 g/mol. The van der Waals surface area contributed by atoms with Crippen LogP contribution in [0.15, 0.2) is 35.4 Å². The number of aryl methyl sites for hydroxylation is 1. The van der Waals surface area contributed by atoms with Gasteiger partial charge in [0.05, 0.1) is 5.56 Å². The molecule has 0 N–H and O–H groups in total. The van der Waals surface area contributed by atoms with E-state index in [-0.39, 0.29) is 0 Å². The zero-order valence-corrected chi connectivity index (χ0v) is 13.7. The van der Waals surface area contributed by atoms with Crippen LogP contribution in [-0.4, -0.2) is 10.7 Å². The maximum atomic E-state index is 9.75. The third-order valence-electron chi connectivity index (χ3n) is 4.10. The second kappa shape index (κ2) is 6.98. The number of pyridine rings is 1. The second-order valence-electron chi connectivity index (χ2n) is 5.63. The summed E-state index contributed by atoms with van der Waals surface area (Å²) in [6, 6.07) is 12.8. The van der Waals surface area contributed by atoms with E-state index < -0.39 is 0 Å². The smallest absolute Gasteiger partial charge is 0.115 e. The van der Waals surface area contributed by atoms with Gasteiger partial charge < -0.3 is 0 Å². The van der Waals surface area contributed by atoms with Crippen LogP contribution in [-0.2, 0) is 12.8 Å².